The number of hydrogen-bond donors (Lipinski definition) is 0. The van der Waals surface area contributed by atoms with Gasteiger partial charge < -0.3 is 9.47 Å². The van der Waals surface area contributed by atoms with Gasteiger partial charge in [-0.2, -0.15) is 0 Å². The lowest BCUT2D eigenvalue weighted by Gasteiger charge is -2.26. The van der Waals surface area contributed by atoms with Crippen molar-refractivity contribution < 1.29 is 0 Å². The fourth-order valence-electron chi connectivity index (χ4n) is 8.42. The molecule has 0 amide bonds. The highest BCUT2D eigenvalue weighted by molar-refractivity contribution is 7.27. The first-order valence-electron chi connectivity index (χ1n) is 17.8. The summed E-state index contributed by atoms with van der Waals surface area (Å²) < 4.78 is 10.4. The van der Waals surface area contributed by atoms with Gasteiger partial charge in [0.15, 0.2) is 0 Å². The molecule has 4 aromatic heterocycles. The first-order valence-corrected chi connectivity index (χ1v) is 20.3. The Hall–Kier alpha value is -5.98. The molecule has 8 aromatic carbocycles. The molecule has 248 valence electrons. The number of thiophene rings is 3. The summed E-state index contributed by atoms with van der Waals surface area (Å²) in [6.07, 6.45) is 0. The average Bonchev–Trinajstić information content (AvgIpc) is 3.97. The SMILES string of the molecule is c1ccc(-n2c3cc(N(c4ccc5sc6ccccc6c5c4)c4ccc5sc6ccccc6c5c4)ccc3c3c4sc5ccccc5c4ccc32)cc1. The molecule has 0 spiro atoms. The minimum atomic E-state index is 1.13. The number of hydrogen-bond acceptors (Lipinski definition) is 4. The molecule has 2 nitrogen and oxygen atoms in total. The predicted octanol–water partition coefficient (Wildman–Crippen LogP) is 15.4. The largest absolute Gasteiger partial charge is 0.310 e. The highest BCUT2D eigenvalue weighted by Crippen LogP contribution is 2.47. The summed E-state index contributed by atoms with van der Waals surface area (Å²) in [5, 5.41) is 10.4. The zero-order chi connectivity index (χ0) is 34.6. The van der Waals surface area contributed by atoms with Gasteiger partial charge in [-0.3, -0.25) is 0 Å². The Balaban J connectivity index is 1.16. The highest BCUT2D eigenvalue weighted by Gasteiger charge is 2.21. The van der Waals surface area contributed by atoms with Gasteiger partial charge in [0.1, 0.15) is 0 Å². The molecule has 0 bridgehead atoms. The Bertz CT molecular complexity index is 3300. The second kappa shape index (κ2) is 11.3. The maximum atomic E-state index is 2.46. The molecular formula is C48H28N2S3. The van der Waals surface area contributed by atoms with Crippen LogP contribution >= 0.6 is 34.0 Å². The first-order chi connectivity index (χ1) is 26.3. The number of para-hydroxylation sites is 1. The van der Waals surface area contributed by atoms with Crippen LogP contribution in [-0.2, 0) is 0 Å². The first kappa shape index (κ1) is 29.6. The smallest absolute Gasteiger partial charge is 0.0562 e. The third-order valence-electron chi connectivity index (χ3n) is 10.8. The number of anilines is 3. The molecule has 12 aromatic rings. The summed E-state index contributed by atoms with van der Waals surface area (Å²) in [5.41, 5.74) is 7.01. The number of rotatable bonds is 4. The Morgan fingerprint density at radius 1 is 0.340 bits per heavy atom. The Labute approximate surface area is 316 Å². The van der Waals surface area contributed by atoms with E-state index in [9.17, 15) is 0 Å². The standard InChI is InChI=1S/C48H28N2S3/c1-2-10-29(11-3-1)50-40-23-22-36-33-12-4-9-17-44(33)53-48(36)47(40)37-21-18-32(28-41(37)50)49(30-19-24-45-38(26-30)34-13-5-7-15-42(34)51-45)31-20-25-46-39(27-31)35-14-6-8-16-43(35)52-46/h1-28H. The summed E-state index contributed by atoms with van der Waals surface area (Å²) in [6.45, 7) is 0. The van der Waals surface area contributed by atoms with Gasteiger partial charge in [0.05, 0.1) is 11.0 Å². The van der Waals surface area contributed by atoms with Crippen LogP contribution in [0.15, 0.2) is 170 Å². The quantitative estimate of drug-likeness (QED) is 0.175. The summed E-state index contributed by atoms with van der Waals surface area (Å²) in [6, 6.07) is 62.9. The molecule has 53 heavy (non-hydrogen) atoms. The van der Waals surface area contributed by atoms with Gasteiger partial charge in [-0.25, -0.2) is 0 Å². The van der Waals surface area contributed by atoms with Crippen LogP contribution in [0.25, 0.3) is 88.0 Å². The predicted molar refractivity (Wildman–Crippen MR) is 234 cm³/mol. The van der Waals surface area contributed by atoms with Gasteiger partial charge in [0, 0.05) is 94.0 Å². The van der Waals surface area contributed by atoms with Crippen LogP contribution in [0.5, 0.6) is 0 Å². The van der Waals surface area contributed by atoms with E-state index in [2.05, 4.69) is 179 Å². The molecule has 0 N–H and O–H groups in total. The molecule has 5 heteroatoms. The molecular weight excluding hydrogens is 701 g/mol. The van der Waals surface area contributed by atoms with Gasteiger partial charge in [-0.05, 0) is 84.9 Å². The van der Waals surface area contributed by atoms with Gasteiger partial charge in [0.25, 0.3) is 0 Å². The molecule has 0 radical (unpaired) electrons. The van der Waals surface area contributed by atoms with Crippen LogP contribution in [-0.4, -0.2) is 4.57 Å². The van der Waals surface area contributed by atoms with Crippen molar-refractivity contribution in [3.8, 4) is 5.69 Å². The van der Waals surface area contributed by atoms with E-state index < -0.39 is 0 Å². The Kier molecular flexibility index (Phi) is 6.28. The highest BCUT2D eigenvalue weighted by atomic mass is 32.1. The summed E-state index contributed by atoms with van der Waals surface area (Å²) in [7, 11) is 0. The van der Waals surface area contributed by atoms with Crippen molar-refractivity contribution in [2.75, 3.05) is 4.90 Å². The lowest BCUT2D eigenvalue weighted by Crippen LogP contribution is -2.10. The third kappa shape index (κ3) is 4.36. The molecule has 0 aliphatic rings. The van der Waals surface area contributed by atoms with Crippen LogP contribution < -0.4 is 4.90 Å². The monoisotopic (exact) mass is 728 g/mol. The van der Waals surface area contributed by atoms with Crippen molar-refractivity contribution in [1.82, 2.24) is 4.57 Å². The van der Waals surface area contributed by atoms with Crippen molar-refractivity contribution in [3.05, 3.63) is 170 Å². The normalized spacial score (nSPS) is 12.2. The van der Waals surface area contributed by atoms with E-state index >= 15 is 0 Å². The summed E-state index contributed by atoms with van der Waals surface area (Å²) in [5.74, 6) is 0. The molecule has 4 heterocycles. The molecule has 0 saturated carbocycles. The number of aromatic nitrogens is 1. The van der Waals surface area contributed by atoms with E-state index in [0.717, 1.165) is 22.7 Å². The molecule has 0 atom stereocenters. The van der Waals surface area contributed by atoms with E-state index in [4.69, 9.17) is 0 Å². The fourth-order valence-corrected chi connectivity index (χ4v) is 11.9. The van der Waals surface area contributed by atoms with Crippen LogP contribution in [0.3, 0.4) is 0 Å². The van der Waals surface area contributed by atoms with E-state index in [1.54, 1.807) is 0 Å². The van der Waals surface area contributed by atoms with Crippen LogP contribution in [0, 0.1) is 0 Å². The molecule has 0 saturated heterocycles. The topological polar surface area (TPSA) is 8.17 Å². The van der Waals surface area contributed by atoms with Crippen molar-refractivity contribution in [2.45, 2.75) is 0 Å². The van der Waals surface area contributed by atoms with E-state index in [1.807, 2.05) is 34.0 Å². The second-order valence-electron chi connectivity index (χ2n) is 13.7. The Morgan fingerprint density at radius 3 is 1.47 bits per heavy atom. The van der Waals surface area contributed by atoms with Gasteiger partial charge in [-0.1, -0.05) is 84.9 Å². The van der Waals surface area contributed by atoms with E-state index in [-0.39, 0.29) is 0 Å². The van der Waals surface area contributed by atoms with E-state index in [1.165, 1.54) is 82.3 Å². The number of fused-ring (bicyclic) bond motifs is 13. The van der Waals surface area contributed by atoms with Crippen molar-refractivity contribution in [1.29, 1.82) is 0 Å². The lowest BCUT2D eigenvalue weighted by atomic mass is 10.1. The summed E-state index contributed by atoms with van der Waals surface area (Å²) in [4.78, 5) is 2.46. The van der Waals surface area contributed by atoms with Gasteiger partial charge >= 0.3 is 0 Å². The van der Waals surface area contributed by atoms with Crippen LogP contribution in [0.1, 0.15) is 0 Å². The maximum Gasteiger partial charge on any atom is 0.0562 e. The minimum Gasteiger partial charge on any atom is -0.310 e. The zero-order valence-corrected chi connectivity index (χ0v) is 30.7. The maximum absolute atomic E-state index is 2.46. The lowest BCUT2D eigenvalue weighted by molar-refractivity contribution is 1.18. The van der Waals surface area contributed by atoms with Crippen molar-refractivity contribution >= 4 is 133 Å². The second-order valence-corrected chi connectivity index (χ2v) is 16.9. The summed E-state index contributed by atoms with van der Waals surface area (Å²) >= 11 is 5.63. The third-order valence-corrected chi connectivity index (χ3v) is 14.3. The number of benzene rings is 8. The molecule has 0 unspecified atom stereocenters. The van der Waals surface area contributed by atoms with Crippen LogP contribution in [0.2, 0.25) is 0 Å². The molecule has 0 aliphatic heterocycles. The number of nitrogens with zero attached hydrogens (tertiary/aromatic N) is 2. The molecule has 12 rings (SSSR count). The molecule has 0 aliphatic carbocycles. The van der Waals surface area contributed by atoms with Crippen molar-refractivity contribution in [2.24, 2.45) is 0 Å². The van der Waals surface area contributed by atoms with Crippen molar-refractivity contribution in [3.63, 3.8) is 0 Å². The molecule has 0 fully saturated rings. The zero-order valence-electron chi connectivity index (χ0n) is 28.3. The van der Waals surface area contributed by atoms with E-state index in [0.29, 0.717) is 0 Å². The van der Waals surface area contributed by atoms with Gasteiger partial charge in [0.2, 0.25) is 0 Å². The Morgan fingerprint density at radius 2 is 0.830 bits per heavy atom. The van der Waals surface area contributed by atoms with Gasteiger partial charge in [-0.15, -0.1) is 34.0 Å². The fraction of sp³-hybridized carbons (Fsp3) is 0. The van der Waals surface area contributed by atoms with Crippen LogP contribution in [0.4, 0.5) is 17.1 Å². The minimum absolute atomic E-state index is 1.13. The average molecular weight is 729 g/mol.